The lowest BCUT2D eigenvalue weighted by Crippen LogP contribution is -2.15. The van der Waals surface area contributed by atoms with E-state index >= 15 is 0 Å². The summed E-state index contributed by atoms with van der Waals surface area (Å²) in [7, 11) is 1.56. The molecule has 4 rings (SSSR count). The number of rotatable bonds is 6. The van der Waals surface area contributed by atoms with Crippen molar-refractivity contribution >= 4 is 22.7 Å². The second-order valence-corrected chi connectivity index (χ2v) is 6.61. The molecule has 1 aliphatic carbocycles. The van der Waals surface area contributed by atoms with Crippen LogP contribution in [0.2, 0.25) is 0 Å². The molecule has 136 valence electrons. The molecule has 0 aliphatic heterocycles. The molecule has 1 saturated carbocycles. The van der Waals surface area contributed by atoms with Crippen molar-refractivity contribution in [1.82, 2.24) is 4.98 Å². The van der Waals surface area contributed by atoms with Gasteiger partial charge in [0.05, 0.1) is 18.2 Å². The van der Waals surface area contributed by atoms with Crippen molar-refractivity contribution in [3.8, 4) is 5.75 Å². The highest BCUT2D eigenvalue weighted by atomic mass is 16.5. The van der Waals surface area contributed by atoms with Crippen molar-refractivity contribution in [2.75, 3.05) is 13.7 Å². The fraction of sp³-hybridized carbons (Fsp3) is 0.227. The first kappa shape index (κ1) is 17.2. The topological polar surface area (TPSA) is 65.5 Å². The van der Waals surface area contributed by atoms with Gasteiger partial charge in [-0.05, 0) is 49.2 Å². The average Bonchev–Trinajstić information content (AvgIpc) is 3.56. The summed E-state index contributed by atoms with van der Waals surface area (Å²) in [4.78, 5) is 29.6. The molecule has 5 heteroatoms. The Morgan fingerprint density at radius 1 is 1.07 bits per heavy atom. The summed E-state index contributed by atoms with van der Waals surface area (Å²) < 4.78 is 10.4. The lowest BCUT2D eigenvalue weighted by atomic mass is 10.1. The van der Waals surface area contributed by atoms with E-state index in [1.54, 1.807) is 37.4 Å². The molecule has 0 radical (unpaired) electrons. The Morgan fingerprint density at radius 3 is 2.52 bits per heavy atom. The van der Waals surface area contributed by atoms with Crippen LogP contribution in [0.5, 0.6) is 5.75 Å². The molecule has 0 bridgehead atoms. The molecule has 3 aromatic rings. The van der Waals surface area contributed by atoms with E-state index in [-0.39, 0.29) is 12.4 Å². The monoisotopic (exact) mass is 361 g/mol. The van der Waals surface area contributed by atoms with E-state index in [1.807, 2.05) is 24.3 Å². The number of hydrogen-bond donors (Lipinski definition) is 0. The lowest BCUT2D eigenvalue weighted by molar-refractivity contribution is 0.0476. The van der Waals surface area contributed by atoms with Crippen LogP contribution in [-0.2, 0) is 4.74 Å². The maximum absolute atomic E-state index is 12.7. The molecule has 27 heavy (non-hydrogen) atoms. The molecule has 0 atom stereocenters. The van der Waals surface area contributed by atoms with Crippen molar-refractivity contribution in [2.45, 2.75) is 18.8 Å². The fourth-order valence-corrected chi connectivity index (χ4v) is 3.02. The molecule has 5 nitrogen and oxygen atoms in total. The number of para-hydroxylation sites is 1. The number of hydrogen-bond acceptors (Lipinski definition) is 5. The largest absolute Gasteiger partial charge is 0.497 e. The summed E-state index contributed by atoms with van der Waals surface area (Å²) in [5.74, 6) is 0.325. The van der Waals surface area contributed by atoms with Gasteiger partial charge in [0.25, 0.3) is 0 Å². The molecule has 0 N–H and O–H groups in total. The van der Waals surface area contributed by atoms with E-state index in [9.17, 15) is 9.59 Å². The third-order valence-electron chi connectivity index (χ3n) is 4.70. The van der Waals surface area contributed by atoms with Gasteiger partial charge in [-0.1, -0.05) is 18.2 Å². The van der Waals surface area contributed by atoms with E-state index in [0.717, 1.165) is 29.4 Å². The number of carbonyl (C=O) groups excluding carboxylic acids is 2. The number of esters is 1. The van der Waals surface area contributed by atoms with Gasteiger partial charge in [0.2, 0.25) is 0 Å². The van der Waals surface area contributed by atoms with Gasteiger partial charge in [-0.3, -0.25) is 9.78 Å². The van der Waals surface area contributed by atoms with Crippen molar-refractivity contribution in [1.29, 1.82) is 0 Å². The van der Waals surface area contributed by atoms with Gasteiger partial charge in [-0.2, -0.15) is 0 Å². The quantitative estimate of drug-likeness (QED) is 0.487. The summed E-state index contributed by atoms with van der Waals surface area (Å²) in [6.45, 7) is -0.305. The van der Waals surface area contributed by atoms with Crippen LogP contribution < -0.4 is 4.74 Å². The minimum atomic E-state index is -0.502. The summed E-state index contributed by atoms with van der Waals surface area (Å²) in [6, 6.07) is 16.0. The third-order valence-corrected chi connectivity index (χ3v) is 4.70. The Hall–Kier alpha value is -3.21. The number of pyridine rings is 1. The molecule has 0 spiro atoms. The minimum absolute atomic E-state index is 0.258. The first-order chi connectivity index (χ1) is 13.2. The predicted octanol–water partition coefficient (Wildman–Crippen LogP) is 4.16. The van der Waals surface area contributed by atoms with E-state index in [2.05, 4.69) is 4.98 Å². The molecule has 0 amide bonds. The van der Waals surface area contributed by atoms with Crippen LogP contribution in [0.4, 0.5) is 0 Å². The number of benzene rings is 2. The third kappa shape index (κ3) is 3.67. The summed E-state index contributed by atoms with van der Waals surface area (Å²) in [5.41, 5.74) is 2.63. The van der Waals surface area contributed by atoms with Gasteiger partial charge in [-0.15, -0.1) is 0 Å². The normalized spacial score (nSPS) is 13.4. The Kier molecular flexibility index (Phi) is 4.59. The van der Waals surface area contributed by atoms with Crippen molar-refractivity contribution < 1.29 is 19.1 Å². The molecule has 1 aliphatic rings. The lowest BCUT2D eigenvalue weighted by Gasteiger charge is -2.09. The summed E-state index contributed by atoms with van der Waals surface area (Å²) >= 11 is 0. The van der Waals surface area contributed by atoms with E-state index in [0.29, 0.717) is 22.8 Å². The highest BCUT2D eigenvalue weighted by Gasteiger charge is 2.27. The summed E-state index contributed by atoms with van der Waals surface area (Å²) in [6.07, 6.45) is 2.19. The number of nitrogens with zero attached hydrogens (tertiary/aromatic N) is 1. The molecule has 1 fully saturated rings. The van der Waals surface area contributed by atoms with E-state index in [1.165, 1.54) is 0 Å². The number of Topliss-reactive ketones (excluding diaryl/α,β-unsaturated/α-hetero) is 1. The van der Waals surface area contributed by atoms with Gasteiger partial charge in [0, 0.05) is 22.6 Å². The fourth-order valence-electron chi connectivity index (χ4n) is 3.02. The van der Waals surface area contributed by atoms with Crippen LogP contribution >= 0.6 is 0 Å². The minimum Gasteiger partial charge on any atom is -0.497 e. The zero-order valence-electron chi connectivity index (χ0n) is 15.0. The maximum atomic E-state index is 12.7. The van der Waals surface area contributed by atoms with Gasteiger partial charge in [-0.25, -0.2) is 4.79 Å². The van der Waals surface area contributed by atoms with E-state index in [4.69, 9.17) is 9.47 Å². The molecule has 0 saturated heterocycles. The zero-order valence-corrected chi connectivity index (χ0v) is 15.0. The first-order valence-electron chi connectivity index (χ1n) is 8.90. The molecule has 2 aromatic carbocycles. The zero-order chi connectivity index (χ0) is 18.8. The SMILES string of the molecule is COc1ccc(C(=O)COC(=O)c2cc(C3CC3)nc3ccccc23)cc1. The van der Waals surface area contributed by atoms with Crippen LogP contribution in [0.1, 0.15) is 45.2 Å². The van der Waals surface area contributed by atoms with E-state index < -0.39 is 5.97 Å². The van der Waals surface area contributed by atoms with Gasteiger partial charge in [0.15, 0.2) is 12.4 Å². The Bertz CT molecular complexity index is 1010. The number of ketones is 1. The predicted molar refractivity (Wildman–Crippen MR) is 101 cm³/mol. The van der Waals surface area contributed by atoms with Gasteiger partial charge < -0.3 is 9.47 Å². The Morgan fingerprint density at radius 2 is 1.81 bits per heavy atom. The molecule has 0 unspecified atom stereocenters. The van der Waals surface area contributed by atoms with Crippen molar-refractivity contribution in [3.63, 3.8) is 0 Å². The highest BCUT2D eigenvalue weighted by Crippen LogP contribution is 2.40. The van der Waals surface area contributed by atoms with Crippen LogP contribution in [0.3, 0.4) is 0 Å². The van der Waals surface area contributed by atoms with Crippen LogP contribution in [0, 0.1) is 0 Å². The molecular formula is C22H19NO4. The Labute approximate surface area is 156 Å². The number of fused-ring (bicyclic) bond motifs is 1. The second-order valence-electron chi connectivity index (χ2n) is 6.61. The van der Waals surface area contributed by atoms with Crippen LogP contribution in [0.15, 0.2) is 54.6 Å². The maximum Gasteiger partial charge on any atom is 0.339 e. The summed E-state index contributed by atoms with van der Waals surface area (Å²) in [5, 5.41) is 0.740. The van der Waals surface area contributed by atoms with Crippen molar-refractivity contribution in [3.05, 3.63) is 71.4 Å². The number of carbonyl (C=O) groups is 2. The molecule has 1 heterocycles. The first-order valence-corrected chi connectivity index (χ1v) is 8.90. The highest BCUT2D eigenvalue weighted by molar-refractivity contribution is 6.05. The number of ether oxygens (including phenoxy) is 2. The Balaban J connectivity index is 1.53. The van der Waals surface area contributed by atoms with Crippen LogP contribution in [0.25, 0.3) is 10.9 Å². The number of aromatic nitrogens is 1. The second kappa shape index (κ2) is 7.19. The van der Waals surface area contributed by atoms with Gasteiger partial charge >= 0.3 is 5.97 Å². The smallest absolute Gasteiger partial charge is 0.339 e. The van der Waals surface area contributed by atoms with Crippen LogP contribution in [-0.4, -0.2) is 30.5 Å². The van der Waals surface area contributed by atoms with Gasteiger partial charge in [0.1, 0.15) is 5.75 Å². The average molecular weight is 361 g/mol. The molecular weight excluding hydrogens is 342 g/mol. The standard InChI is InChI=1S/C22H19NO4/c1-26-16-10-8-15(9-11-16)21(24)13-27-22(25)18-12-20(14-6-7-14)23-19-5-3-2-4-17(18)19/h2-5,8-12,14H,6-7,13H2,1H3. The number of methoxy groups -OCH3 is 1. The molecule has 1 aromatic heterocycles. The van der Waals surface area contributed by atoms with Crippen molar-refractivity contribution in [2.24, 2.45) is 0 Å².